The molecule has 10 aromatic carbocycles. The normalized spacial score (nSPS) is 12.0. The van der Waals surface area contributed by atoms with E-state index in [9.17, 15) is 0 Å². The molecule has 65 heavy (non-hydrogen) atoms. The Hall–Kier alpha value is -8.87. The van der Waals surface area contributed by atoms with Gasteiger partial charge in [0.2, 0.25) is 0 Å². The molecule has 302 valence electrons. The van der Waals surface area contributed by atoms with Gasteiger partial charge in [0.1, 0.15) is 22.3 Å². The summed E-state index contributed by atoms with van der Waals surface area (Å²) in [6.45, 7) is 0. The Labute approximate surface area is 371 Å². The summed E-state index contributed by atoms with van der Waals surface area (Å²) < 4.78 is 15.6. The van der Waals surface area contributed by atoms with Crippen LogP contribution in [0.4, 0.5) is 0 Å². The number of nitrogens with zero attached hydrogens (tertiary/aromatic N) is 4. The Morgan fingerprint density at radius 2 is 0.954 bits per heavy atom. The Bertz CT molecular complexity index is 4250. The van der Waals surface area contributed by atoms with Crippen LogP contribution >= 0.6 is 0 Å². The van der Waals surface area contributed by atoms with Gasteiger partial charge in [0.25, 0.3) is 0 Å². The van der Waals surface area contributed by atoms with Crippen LogP contribution in [0.1, 0.15) is 0 Å². The molecular weight excluding hydrogens is 797 g/mol. The molecule has 0 aliphatic rings. The number of hydrogen-bond donors (Lipinski definition) is 0. The van der Waals surface area contributed by atoms with E-state index in [-0.39, 0.29) is 0 Å². The maximum absolute atomic E-state index is 6.80. The molecule has 6 nitrogen and oxygen atoms in total. The van der Waals surface area contributed by atoms with Gasteiger partial charge in [-0.3, -0.25) is 0 Å². The Morgan fingerprint density at radius 3 is 1.80 bits per heavy atom. The second-order valence-electron chi connectivity index (χ2n) is 16.7. The molecule has 0 aliphatic carbocycles. The Morgan fingerprint density at radius 1 is 0.323 bits per heavy atom. The lowest BCUT2D eigenvalue weighted by Gasteiger charge is -2.17. The third-order valence-corrected chi connectivity index (χ3v) is 13.0. The molecule has 14 rings (SSSR count). The Kier molecular flexibility index (Phi) is 7.59. The highest BCUT2D eigenvalue weighted by atomic mass is 16.3. The summed E-state index contributed by atoms with van der Waals surface area (Å²) in [7, 11) is 0. The molecule has 0 unspecified atom stereocenters. The smallest absolute Gasteiger partial charge is 0.164 e. The van der Waals surface area contributed by atoms with E-state index in [2.05, 4.69) is 150 Å². The van der Waals surface area contributed by atoms with Gasteiger partial charge < -0.3 is 13.4 Å². The van der Waals surface area contributed by atoms with E-state index in [0.29, 0.717) is 17.5 Å². The summed E-state index contributed by atoms with van der Waals surface area (Å²) >= 11 is 0. The first-order chi connectivity index (χ1) is 32.2. The van der Waals surface area contributed by atoms with Crippen LogP contribution in [-0.4, -0.2) is 19.5 Å². The van der Waals surface area contributed by atoms with Crippen LogP contribution in [-0.2, 0) is 0 Å². The molecule has 14 aromatic rings. The number of aromatic nitrogens is 4. The second kappa shape index (κ2) is 13.8. The van der Waals surface area contributed by atoms with Crippen molar-refractivity contribution in [3.8, 4) is 51.0 Å². The lowest BCUT2D eigenvalue weighted by atomic mass is 9.95. The molecule has 0 saturated heterocycles. The van der Waals surface area contributed by atoms with Crippen molar-refractivity contribution in [2.45, 2.75) is 0 Å². The SMILES string of the molecule is c1ccc(-c2nc(-c3ccc(-n4c5ccccc5c5cc6ccccc6cc54)c(-c4cccc5oc6c7ccccc7ccc6c45)c3)nc(-c3cccc4oc5ccccc5c34)n2)cc1. The van der Waals surface area contributed by atoms with Crippen LogP contribution in [0, 0.1) is 0 Å². The van der Waals surface area contributed by atoms with Crippen molar-refractivity contribution in [1.82, 2.24) is 19.5 Å². The first-order valence-corrected chi connectivity index (χ1v) is 21.8. The fraction of sp³-hybridized carbons (Fsp3) is 0. The van der Waals surface area contributed by atoms with E-state index in [1.165, 1.54) is 21.5 Å². The molecule has 0 spiro atoms. The van der Waals surface area contributed by atoms with Crippen molar-refractivity contribution < 1.29 is 8.83 Å². The van der Waals surface area contributed by atoms with Crippen LogP contribution in [0.5, 0.6) is 0 Å². The fourth-order valence-corrected chi connectivity index (χ4v) is 10.1. The summed E-state index contributed by atoms with van der Waals surface area (Å²) in [5.41, 5.74) is 11.3. The summed E-state index contributed by atoms with van der Waals surface area (Å²) in [4.78, 5) is 15.8. The number of furan rings is 2. The molecule has 0 N–H and O–H groups in total. The van der Waals surface area contributed by atoms with E-state index in [0.717, 1.165) is 99.2 Å². The molecule has 0 atom stereocenters. The van der Waals surface area contributed by atoms with Crippen LogP contribution in [0.2, 0.25) is 0 Å². The zero-order valence-electron chi connectivity index (χ0n) is 34.7. The average Bonchev–Trinajstić information content (AvgIpc) is 4.05. The van der Waals surface area contributed by atoms with Gasteiger partial charge >= 0.3 is 0 Å². The highest BCUT2D eigenvalue weighted by molar-refractivity contribution is 6.20. The van der Waals surface area contributed by atoms with Gasteiger partial charge in [-0.1, -0.05) is 146 Å². The van der Waals surface area contributed by atoms with E-state index in [1.807, 2.05) is 60.7 Å². The zero-order valence-corrected chi connectivity index (χ0v) is 34.7. The third kappa shape index (κ3) is 5.44. The van der Waals surface area contributed by atoms with Crippen LogP contribution in [0.15, 0.2) is 215 Å². The number of rotatable bonds is 5. The van der Waals surface area contributed by atoms with E-state index < -0.39 is 0 Å². The number of fused-ring (bicyclic) bond motifs is 12. The molecular formula is C59H34N4O2. The molecule has 0 fully saturated rings. The maximum atomic E-state index is 6.80. The highest BCUT2D eigenvalue weighted by Crippen LogP contribution is 2.45. The third-order valence-electron chi connectivity index (χ3n) is 13.0. The molecule has 0 bridgehead atoms. The van der Waals surface area contributed by atoms with Gasteiger partial charge in [-0.25, -0.2) is 15.0 Å². The minimum atomic E-state index is 0.565. The predicted molar refractivity (Wildman–Crippen MR) is 265 cm³/mol. The summed E-state index contributed by atoms with van der Waals surface area (Å²) in [5, 5.41) is 11.1. The number of benzene rings is 10. The lowest BCUT2D eigenvalue weighted by molar-refractivity contribution is 0.669. The van der Waals surface area contributed by atoms with Crippen molar-refractivity contribution in [3.63, 3.8) is 0 Å². The topological polar surface area (TPSA) is 69.9 Å². The Balaban J connectivity index is 1.08. The maximum Gasteiger partial charge on any atom is 0.164 e. The average molecular weight is 831 g/mol. The summed E-state index contributed by atoms with van der Waals surface area (Å²) in [6, 6.07) is 72.2. The van der Waals surface area contributed by atoms with Gasteiger partial charge in [-0.2, -0.15) is 0 Å². The van der Waals surface area contributed by atoms with Crippen LogP contribution in [0.25, 0.3) is 138 Å². The van der Waals surface area contributed by atoms with Crippen molar-refractivity contribution in [2.24, 2.45) is 0 Å². The van der Waals surface area contributed by atoms with Gasteiger partial charge in [0, 0.05) is 60.0 Å². The molecule has 6 heteroatoms. The van der Waals surface area contributed by atoms with Gasteiger partial charge in [-0.15, -0.1) is 0 Å². The fourth-order valence-electron chi connectivity index (χ4n) is 10.1. The summed E-state index contributed by atoms with van der Waals surface area (Å²) in [6.07, 6.45) is 0. The first kappa shape index (κ1) is 35.7. The van der Waals surface area contributed by atoms with Gasteiger partial charge in [0.15, 0.2) is 17.5 Å². The number of hydrogen-bond acceptors (Lipinski definition) is 5. The van der Waals surface area contributed by atoms with Crippen molar-refractivity contribution in [2.75, 3.05) is 0 Å². The summed E-state index contributed by atoms with van der Waals surface area (Å²) in [5.74, 6) is 1.72. The van der Waals surface area contributed by atoms with E-state index in [1.54, 1.807) is 0 Å². The van der Waals surface area contributed by atoms with Crippen molar-refractivity contribution >= 4 is 87.2 Å². The van der Waals surface area contributed by atoms with E-state index in [4.69, 9.17) is 23.8 Å². The zero-order chi connectivity index (χ0) is 42.6. The molecule has 0 aliphatic heterocycles. The first-order valence-electron chi connectivity index (χ1n) is 21.8. The molecule has 0 amide bonds. The monoisotopic (exact) mass is 830 g/mol. The van der Waals surface area contributed by atoms with Gasteiger partial charge in [-0.05, 0) is 82.4 Å². The van der Waals surface area contributed by atoms with Crippen molar-refractivity contribution in [3.05, 3.63) is 206 Å². The molecule has 0 radical (unpaired) electrons. The quantitative estimate of drug-likeness (QED) is 0.173. The lowest BCUT2D eigenvalue weighted by Crippen LogP contribution is -2.02. The molecule has 4 heterocycles. The van der Waals surface area contributed by atoms with Crippen LogP contribution < -0.4 is 0 Å². The molecule has 4 aromatic heterocycles. The predicted octanol–water partition coefficient (Wildman–Crippen LogP) is 15.7. The largest absolute Gasteiger partial charge is 0.456 e. The highest BCUT2D eigenvalue weighted by Gasteiger charge is 2.23. The molecule has 0 saturated carbocycles. The number of para-hydroxylation sites is 2. The van der Waals surface area contributed by atoms with Crippen molar-refractivity contribution in [1.29, 1.82) is 0 Å². The van der Waals surface area contributed by atoms with Crippen LogP contribution in [0.3, 0.4) is 0 Å². The van der Waals surface area contributed by atoms with Gasteiger partial charge in [0.05, 0.1) is 16.7 Å². The van der Waals surface area contributed by atoms with E-state index >= 15 is 0 Å². The minimum Gasteiger partial charge on any atom is -0.456 e. The standard InChI is InChI=1S/C59H34N4O2/c1-2-15-36(16-3-1)57-60-58(62-59(61-57)45-23-13-26-52-55(45)43-21-9-11-25-51(43)64-52)39-29-31-49(63-48-24-10-8-20-41(48)46-32-37-17-4-5-18-38(37)34-50(46)63)47(33-39)42-22-12-27-53-54(42)44-30-28-35-14-6-7-19-40(35)56(44)65-53/h1-34H. The second-order valence-corrected chi connectivity index (χ2v) is 16.7. The minimum absolute atomic E-state index is 0.565.